The lowest BCUT2D eigenvalue weighted by Crippen LogP contribution is -2.35. The average molecular weight is 389 g/mol. The van der Waals surface area contributed by atoms with Gasteiger partial charge in [0, 0.05) is 23.0 Å². The van der Waals surface area contributed by atoms with Gasteiger partial charge < -0.3 is 4.42 Å². The molecule has 1 aliphatic heterocycles. The first-order valence-corrected chi connectivity index (χ1v) is 11.3. The number of hydrogen-bond donors (Lipinski definition) is 0. The Morgan fingerprint density at radius 2 is 2.00 bits per heavy atom. The Bertz CT molecular complexity index is 950. The highest BCUT2D eigenvalue weighted by molar-refractivity contribution is 7.91. The van der Waals surface area contributed by atoms with Crippen LogP contribution in [-0.4, -0.2) is 35.8 Å². The smallest absolute Gasteiger partial charge is 0.209 e. The van der Waals surface area contributed by atoms with Gasteiger partial charge in [0.05, 0.1) is 24.2 Å². The number of thiophene rings is 1. The maximum atomic E-state index is 11.9. The number of oxazole rings is 1. The van der Waals surface area contributed by atoms with Crippen LogP contribution in [0.4, 0.5) is 0 Å². The van der Waals surface area contributed by atoms with Crippen LogP contribution in [-0.2, 0) is 22.9 Å². The van der Waals surface area contributed by atoms with Gasteiger partial charge in [-0.05, 0) is 17.9 Å². The van der Waals surface area contributed by atoms with Crippen molar-refractivity contribution in [1.82, 2.24) is 9.88 Å². The largest absolute Gasteiger partial charge is 0.439 e. The fourth-order valence-corrected chi connectivity index (χ4v) is 5.76. The van der Waals surface area contributed by atoms with E-state index in [1.807, 2.05) is 41.8 Å². The van der Waals surface area contributed by atoms with Crippen LogP contribution in [0.1, 0.15) is 17.2 Å². The van der Waals surface area contributed by atoms with Crippen molar-refractivity contribution >= 4 is 21.2 Å². The van der Waals surface area contributed by atoms with Gasteiger partial charge in [0.1, 0.15) is 0 Å². The number of benzene rings is 1. The Balaban J connectivity index is 1.54. The lowest BCUT2D eigenvalue weighted by atomic mass is 10.2. The fraction of sp³-hybridized carbons (Fsp3) is 0.316. The Kier molecular flexibility index (Phi) is 4.93. The van der Waals surface area contributed by atoms with Gasteiger partial charge >= 0.3 is 0 Å². The Morgan fingerprint density at radius 1 is 1.15 bits per heavy atom. The van der Waals surface area contributed by atoms with E-state index >= 15 is 0 Å². The molecule has 1 atom stereocenters. The second kappa shape index (κ2) is 7.34. The molecule has 26 heavy (non-hydrogen) atoms. The van der Waals surface area contributed by atoms with Crippen molar-refractivity contribution in [3.8, 4) is 11.3 Å². The molecule has 1 aromatic carbocycles. The minimum atomic E-state index is -2.94. The molecule has 1 fully saturated rings. The highest BCUT2D eigenvalue weighted by Gasteiger charge is 2.33. The first-order chi connectivity index (χ1) is 12.6. The number of aromatic nitrogens is 1. The van der Waals surface area contributed by atoms with Gasteiger partial charge in [0.15, 0.2) is 15.6 Å². The van der Waals surface area contributed by atoms with E-state index in [9.17, 15) is 8.42 Å². The van der Waals surface area contributed by atoms with Crippen molar-refractivity contribution in [2.75, 3.05) is 11.5 Å². The molecule has 7 heteroatoms. The summed E-state index contributed by atoms with van der Waals surface area (Å²) in [4.78, 5) is 7.80. The predicted molar refractivity (Wildman–Crippen MR) is 103 cm³/mol. The van der Waals surface area contributed by atoms with Crippen molar-refractivity contribution in [3.63, 3.8) is 0 Å². The summed E-state index contributed by atoms with van der Waals surface area (Å²) in [7, 11) is -2.94. The Labute approximate surface area is 157 Å². The molecule has 136 valence electrons. The number of sulfone groups is 1. The standard InChI is InChI=1S/C19H20N2O3S2/c22-26(23)10-8-16(14-26)21(12-17-7-4-9-25-17)13-19-20-11-18(24-19)15-5-2-1-3-6-15/h1-7,9,11,16H,8,10,12-14H2/t16-/m1/s1. The maximum absolute atomic E-state index is 11.9. The Hall–Kier alpha value is -1.96. The van der Waals surface area contributed by atoms with Crippen LogP contribution in [0.3, 0.4) is 0 Å². The zero-order valence-electron chi connectivity index (χ0n) is 14.2. The van der Waals surface area contributed by atoms with Crippen LogP contribution in [0.5, 0.6) is 0 Å². The maximum Gasteiger partial charge on any atom is 0.209 e. The van der Waals surface area contributed by atoms with Gasteiger partial charge in [0.25, 0.3) is 0 Å². The molecule has 0 amide bonds. The third kappa shape index (κ3) is 4.06. The highest BCUT2D eigenvalue weighted by Crippen LogP contribution is 2.25. The van der Waals surface area contributed by atoms with Crippen LogP contribution >= 0.6 is 11.3 Å². The highest BCUT2D eigenvalue weighted by atomic mass is 32.2. The van der Waals surface area contributed by atoms with E-state index in [1.165, 1.54) is 4.88 Å². The molecule has 2 aromatic heterocycles. The lowest BCUT2D eigenvalue weighted by Gasteiger charge is -2.26. The van der Waals surface area contributed by atoms with Gasteiger partial charge in [-0.1, -0.05) is 36.4 Å². The van der Waals surface area contributed by atoms with Crippen LogP contribution in [0.15, 0.2) is 58.5 Å². The van der Waals surface area contributed by atoms with Crippen LogP contribution in [0, 0.1) is 0 Å². The van der Waals surface area contributed by atoms with Gasteiger partial charge in [-0.15, -0.1) is 11.3 Å². The van der Waals surface area contributed by atoms with Crippen molar-refractivity contribution in [1.29, 1.82) is 0 Å². The van der Waals surface area contributed by atoms with Gasteiger partial charge in [0.2, 0.25) is 5.89 Å². The van der Waals surface area contributed by atoms with Crippen molar-refractivity contribution in [2.24, 2.45) is 0 Å². The number of hydrogen-bond acceptors (Lipinski definition) is 6. The summed E-state index contributed by atoms with van der Waals surface area (Å²) in [5, 5.41) is 2.04. The minimum Gasteiger partial charge on any atom is -0.439 e. The molecule has 0 spiro atoms. The quantitative estimate of drug-likeness (QED) is 0.646. The zero-order chi connectivity index (χ0) is 18.0. The summed E-state index contributed by atoms with van der Waals surface area (Å²) in [6.45, 7) is 1.21. The molecular weight excluding hydrogens is 368 g/mol. The van der Waals surface area contributed by atoms with E-state index in [1.54, 1.807) is 17.5 Å². The van der Waals surface area contributed by atoms with Crippen LogP contribution in [0.2, 0.25) is 0 Å². The first-order valence-electron chi connectivity index (χ1n) is 8.56. The molecule has 0 bridgehead atoms. The first kappa shape index (κ1) is 17.5. The summed E-state index contributed by atoms with van der Waals surface area (Å²) in [6, 6.07) is 14.0. The minimum absolute atomic E-state index is 0.00850. The summed E-state index contributed by atoms with van der Waals surface area (Å²) < 4.78 is 29.8. The topological polar surface area (TPSA) is 63.4 Å². The van der Waals surface area contributed by atoms with Crippen LogP contribution in [0.25, 0.3) is 11.3 Å². The number of rotatable bonds is 6. The zero-order valence-corrected chi connectivity index (χ0v) is 15.9. The van der Waals surface area contributed by atoms with Crippen molar-refractivity contribution in [3.05, 3.63) is 64.8 Å². The second-order valence-electron chi connectivity index (χ2n) is 6.53. The molecule has 1 aliphatic rings. The predicted octanol–water partition coefficient (Wildman–Crippen LogP) is 3.59. The monoisotopic (exact) mass is 388 g/mol. The van der Waals surface area contributed by atoms with Gasteiger partial charge in [-0.25, -0.2) is 13.4 Å². The molecule has 0 aliphatic carbocycles. The summed E-state index contributed by atoms with van der Waals surface area (Å²) >= 11 is 1.68. The SMILES string of the molecule is O=S1(=O)CC[C@@H](N(Cc2ncc(-c3ccccc3)o2)Cc2cccs2)C1. The summed E-state index contributed by atoms with van der Waals surface area (Å²) in [6.07, 6.45) is 2.40. The second-order valence-corrected chi connectivity index (χ2v) is 9.79. The third-order valence-electron chi connectivity index (χ3n) is 4.61. The molecule has 0 saturated carbocycles. The van der Waals surface area contributed by atoms with Crippen LogP contribution < -0.4 is 0 Å². The van der Waals surface area contributed by atoms with Crippen molar-refractivity contribution in [2.45, 2.75) is 25.6 Å². The molecular formula is C19H20N2O3S2. The van der Waals surface area contributed by atoms with Crippen molar-refractivity contribution < 1.29 is 12.8 Å². The fourth-order valence-electron chi connectivity index (χ4n) is 3.27. The molecule has 3 aromatic rings. The molecule has 0 radical (unpaired) electrons. The Morgan fingerprint density at radius 3 is 2.69 bits per heavy atom. The lowest BCUT2D eigenvalue weighted by molar-refractivity contribution is 0.178. The van der Waals surface area contributed by atoms with E-state index in [0.717, 1.165) is 11.3 Å². The molecule has 0 N–H and O–H groups in total. The molecule has 3 heterocycles. The third-order valence-corrected chi connectivity index (χ3v) is 7.23. The normalized spacial score (nSPS) is 19.2. The molecule has 1 saturated heterocycles. The summed E-state index contributed by atoms with van der Waals surface area (Å²) in [5.41, 5.74) is 0.986. The van der Waals surface area contributed by atoms with E-state index in [2.05, 4.69) is 16.0 Å². The van der Waals surface area contributed by atoms with E-state index in [-0.39, 0.29) is 17.5 Å². The van der Waals surface area contributed by atoms with Gasteiger partial charge in [-0.2, -0.15) is 0 Å². The van der Waals surface area contributed by atoms with E-state index in [0.29, 0.717) is 25.4 Å². The van der Waals surface area contributed by atoms with E-state index in [4.69, 9.17) is 4.42 Å². The van der Waals surface area contributed by atoms with E-state index < -0.39 is 9.84 Å². The molecule has 0 unspecified atom stereocenters. The summed E-state index contributed by atoms with van der Waals surface area (Å²) in [5.74, 6) is 1.82. The average Bonchev–Trinajstić information content (AvgIpc) is 3.36. The van der Waals surface area contributed by atoms with Gasteiger partial charge in [-0.3, -0.25) is 4.90 Å². The number of nitrogens with zero attached hydrogens (tertiary/aromatic N) is 2. The molecule has 5 nitrogen and oxygen atoms in total. The molecule has 4 rings (SSSR count).